The molecule has 0 aliphatic heterocycles. The zero-order valence-electron chi connectivity index (χ0n) is 9.32. The SMILES string of the molecule is Cn1c(CCO)nc(Cl)c1-c1ccc(Br)cc1. The van der Waals surface area contributed by atoms with Gasteiger partial charge in [-0.15, -0.1) is 0 Å². The summed E-state index contributed by atoms with van der Waals surface area (Å²) in [5.41, 5.74) is 1.89. The van der Waals surface area contributed by atoms with Gasteiger partial charge in [0.15, 0.2) is 5.15 Å². The number of nitrogens with zero attached hydrogens (tertiary/aromatic N) is 2. The molecule has 1 heterocycles. The normalized spacial score (nSPS) is 10.8. The van der Waals surface area contributed by atoms with Gasteiger partial charge in [-0.3, -0.25) is 0 Å². The van der Waals surface area contributed by atoms with Crippen LogP contribution in [0.2, 0.25) is 5.15 Å². The average Bonchev–Trinajstić information content (AvgIpc) is 2.57. The molecule has 1 aromatic carbocycles. The second-order valence-corrected chi connectivity index (χ2v) is 4.98. The molecule has 0 unspecified atom stereocenters. The lowest BCUT2D eigenvalue weighted by atomic mass is 10.2. The first kappa shape index (κ1) is 12.6. The van der Waals surface area contributed by atoms with Gasteiger partial charge in [-0.1, -0.05) is 39.7 Å². The number of aliphatic hydroxyl groups is 1. The van der Waals surface area contributed by atoms with E-state index < -0.39 is 0 Å². The lowest BCUT2D eigenvalue weighted by Crippen LogP contribution is -2.02. The van der Waals surface area contributed by atoms with E-state index in [0.717, 1.165) is 21.6 Å². The smallest absolute Gasteiger partial charge is 0.155 e. The van der Waals surface area contributed by atoms with Crippen LogP contribution < -0.4 is 0 Å². The summed E-state index contributed by atoms with van der Waals surface area (Å²) < 4.78 is 2.94. The van der Waals surface area contributed by atoms with Crippen molar-refractivity contribution < 1.29 is 5.11 Å². The minimum atomic E-state index is 0.0704. The van der Waals surface area contributed by atoms with E-state index in [1.165, 1.54) is 0 Å². The Bertz CT molecular complexity index is 522. The Balaban J connectivity index is 2.48. The second-order valence-electron chi connectivity index (χ2n) is 3.71. The Hall–Kier alpha value is -0.840. The van der Waals surface area contributed by atoms with Gasteiger partial charge < -0.3 is 9.67 Å². The average molecular weight is 316 g/mol. The first-order valence-corrected chi connectivity index (χ1v) is 6.38. The maximum atomic E-state index is 8.95. The van der Waals surface area contributed by atoms with E-state index in [1.807, 2.05) is 35.9 Å². The maximum Gasteiger partial charge on any atom is 0.155 e. The van der Waals surface area contributed by atoms with Gasteiger partial charge in [-0.2, -0.15) is 0 Å². The van der Waals surface area contributed by atoms with Crippen molar-refractivity contribution in [3.63, 3.8) is 0 Å². The van der Waals surface area contributed by atoms with Crippen molar-refractivity contribution in [1.82, 2.24) is 9.55 Å². The third-order valence-corrected chi connectivity index (χ3v) is 3.39. The third-order valence-electron chi connectivity index (χ3n) is 2.60. The van der Waals surface area contributed by atoms with Crippen LogP contribution in [0.1, 0.15) is 5.82 Å². The highest BCUT2D eigenvalue weighted by atomic mass is 79.9. The number of hydrogen-bond acceptors (Lipinski definition) is 2. The molecule has 0 fully saturated rings. The zero-order valence-corrected chi connectivity index (χ0v) is 11.7. The van der Waals surface area contributed by atoms with E-state index in [9.17, 15) is 0 Å². The van der Waals surface area contributed by atoms with Gasteiger partial charge in [0, 0.05) is 23.5 Å². The number of aromatic nitrogens is 2. The molecule has 0 aliphatic carbocycles. The highest BCUT2D eigenvalue weighted by molar-refractivity contribution is 9.10. The molecule has 0 bridgehead atoms. The van der Waals surface area contributed by atoms with Gasteiger partial charge in [-0.25, -0.2) is 4.98 Å². The summed E-state index contributed by atoms with van der Waals surface area (Å²) in [5, 5.41) is 9.42. The first-order valence-electron chi connectivity index (χ1n) is 5.21. The molecule has 2 rings (SSSR count). The highest BCUT2D eigenvalue weighted by Gasteiger charge is 2.14. The number of benzene rings is 1. The van der Waals surface area contributed by atoms with Crippen LogP contribution in [0.3, 0.4) is 0 Å². The maximum absolute atomic E-state index is 8.95. The number of imidazole rings is 1. The van der Waals surface area contributed by atoms with Crippen LogP contribution in [0, 0.1) is 0 Å². The number of rotatable bonds is 3. The zero-order chi connectivity index (χ0) is 12.4. The summed E-state index contributed by atoms with van der Waals surface area (Å²) in [5.74, 6) is 0.787. The Morgan fingerprint density at radius 3 is 2.59 bits per heavy atom. The van der Waals surface area contributed by atoms with Crippen LogP contribution in [-0.4, -0.2) is 21.3 Å². The van der Waals surface area contributed by atoms with Gasteiger partial charge in [0.1, 0.15) is 5.82 Å². The highest BCUT2D eigenvalue weighted by Crippen LogP contribution is 2.29. The molecule has 0 spiro atoms. The summed E-state index contributed by atoms with van der Waals surface area (Å²) >= 11 is 9.53. The van der Waals surface area contributed by atoms with E-state index in [4.69, 9.17) is 16.7 Å². The molecular formula is C12H12BrClN2O. The molecule has 3 nitrogen and oxygen atoms in total. The van der Waals surface area contributed by atoms with Crippen LogP contribution in [0.15, 0.2) is 28.7 Å². The fourth-order valence-corrected chi connectivity index (χ4v) is 2.35. The second kappa shape index (κ2) is 5.21. The summed E-state index contributed by atoms with van der Waals surface area (Å²) in [7, 11) is 1.90. The summed E-state index contributed by atoms with van der Waals surface area (Å²) in [4.78, 5) is 4.26. The van der Waals surface area contributed by atoms with Crippen molar-refractivity contribution in [2.75, 3.05) is 6.61 Å². The van der Waals surface area contributed by atoms with Crippen molar-refractivity contribution in [2.45, 2.75) is 6.42 Å². The molecule has 0 amide bonds. The fourth-order valence-electron chi connectivity index (χ4n) is 1.75. The number of hydrogen-bond donors (Lipinski definition) is 1. The van der Waals surface area contributed by atoms with E-state index >= 15 is 0 Å². The molecule has 0 aliphatic rings. The Morgan fingerprint density at radius 2 is 2.00 bits per heavy atom. The van der Waals surface area contributed by atoms with E-state index in [2.05, 4.69) is 20.9 Å². The molecule has 17 heavy (non-hydrogen) atoms. The minimum absolute atomic E-state index is 0.0704. The Kier molecular flexibility index (Phi) is 3.86. The number of aliphatic hydroxyl groups excluding tert-OH is 1. The molecule has 5 heteroatoms. The summed E-state index contributed by atoms with van der Waals surface area (Å²) in [6.07, 6.45) is 0.507. The van der Waals surface area contributed by atoms with Crippen LogP contribution in [0.5, 0.6) is 0 Å². The Morgan fingerprint density at radius 1 is 1.35 bits per heavy atom. The van der Waals surface area contributed by atoms with Gasteiger partial charge in [-0.05, 0) is 12.1 Å². The van der Waals surface area contributed by atoms with Crippen LogP contribution in [0.25, 0.3) is 11.3 Å². The molecule has 0 radical (unpaired) electrons. The van der Waals surface area contributed by atoms with Crippen LogP contribution in [0.4, 0.5) is 0 Å². The summed E-state index contributed by atoms with van der Waals surface area (Å²) in [6, 6.07) is 7.89. The molecule has 2 aromatic rings. The monoisotopic (exact) mass is 314 g/mol. The molecule has 0 saturated carbocycles. The first-order chi connectivity index (χ1) is 8.13. The van der Waals surface area contributed by atoms with Gasteiger partial charge in [0.25, 0.3) is 0 Å². The van der Waals surface area contributed by atoms with E-state index in [-0.39, 0.29) is 6.61 Å². The molecule has 0 atom stereocenters. The number of halogens is 2. The van der Waals surface area contributed by atoms with E-state index in [1.54, 1.807) is 0 Å². The molecule has 1 N–H and O–H groups in total. The molecular weight excluding hydrogens is 304 g/mol. The Labute approximate surface area is 113 Å². The van der Waals surface area contributed by atoms with E-state index in [0.29, 0.717) is 11.6 Å². The largest absolute Gasteiger partial charge is 0.396 e. The lowest BCUT2D eigenvalue weighted by molar-refractivity contribution is 0.295. The van der Waals surface area contributed by atoms with Crippen molar-refractivity contribution in [3.05, 3.63) is 39.7 Å². The van der Waals surface area contributed by atoms with Crippen molar-refractivity contribution in [3.8, 4) is 11.3 Å². The van der Waals surface area contributed by atoms with Crippen molar-refractivity contribution >= 4 is 27.5 Å². The predicted molar refractivity (Wildman–Crippen MR) is 72.1 cm³/mol. The minimum Gasteiger partial charge on any atom is -0.396 e. The molecule has 0 saturated heterocycles. The third kappa shape index (κ3) is 2.54. The van der Waals surface area contributed by atoms with Crippen LogP contribution >= 0.6 is 27.5 Å². The topological polar surface area (TPSA) is 38.0 Å². The van der Waals surface area contributed by atoms with Gasteiger partial charge in [0.2, 0.25) is 0 Å². The standard InChI is InChI=1S/C12H12BrClN2O/c1-16-10(6-7-17)15-12(14)11(16)8-2-4-9(13)5-3-8/h2-5,17H,6-7H2,1H3. The van der Waals surface area contributed by atoms with Crippen molar-refractivity contribution in [2.24, 2.45) is 7.05 Å². The predicted octanol–water partition coefficient (Wildman–Crippen LogP) is 3.04. The molecule has 90 valence electrons. The summed E-state index contributed by atoms with van der Waals surface area (Å²) in [6.45, 7) is 0.0704. The van der Waals surface area contributed by atoms with Crippen LogP contribution in [-0.2, 0) is 13.5 Å². The van der Waals surface area contributed by atoms with Gasteiger partial charge in [0.05, 0.1) is 12.3 Å². The van der Waals surface area contributed by atoms with Crippen molar-refractivity contribution in [1.29, 1.82) is 0 Å². The molecule has 1 aromatic heterocycles. The fraction of sp³-hybridized carbons (Fsp3) is 0.250. The lowest BCUT2D eigenvalue weighted by Gasteiger charge is -2.05. The quantitative estimate of drug-likeness (QED) is 0.945. The van der Waals surface area contributed by atoms with Gasteiger partial charge >= 0.3 is 0 Å².